The minimum absolute atomic E-state index is 0.622. The lowest BCUT2D eigenvalue weighted by molar-refractivity contribution is -0.183. The number of nitrogens with zero attached hydrogens (tertiary/aromatic N) is 1. The molecule has 0 amide bonds. The molecule has 0 saturated heterocycles. The van der Waals surface area contributed by atoms with Gasteiger partial charge in [-0.3, -0.25) is 19.3 Å². The minimum Gasteiger partial charge on any atom is -0.480 e. The molecule has 0 aromatic carbocycles. The van der Waals surface area contributed by atoms with Crippen molar-refractivity contribution in [1.82, 2.24) is 4.90 Å². The number of rotatable bonds is 12. The summed E-state index contributed by atoms with van der Waals surface area (Å²) in [5.74, 6) is -6.19. The van der Waals surface area contributed by atoms with E-state index in [0.29, 0.717) is 4.90 Å². The Hall–Kier alpha value is -2.32. The lowest BCUT2D eigenvalue weighted by Crippen LogP contribution is -2.51. The topological polar surface area (TPSA) is 222 Å². The Kier molecular flexibility index (Phi) is 9.55. The summed E-state index contributed by atoms with van der Waals surface area (Å²) in [5, 5.41) is 63.1. The number of carboxylic acid groups (broad SMARTS) is 3. The standard InChI is InChI=1S/C12H19NO12/c14-4-5(15)9(21)10(22)11(12(23)24)25-8(20)3-13(1-6(16)17)2-7(18)19/h5,9-11,14-15,21-22H,1-4H2,(H,16,17)(H,18,19)(H,23,24)/t5-,9-,10+,11-/m1/s1. The van der Waals surface area contributed by atoms with Gasteiger partial charge in [0.05, 0.1) is 26.2 Å². The van der Waals surface area contributed by atoms with Gasteiger partial charge < -0.3 is 40.5 Å². The number of hydrogen-bond donors (Lipinski definition) is 7. The van der Waals surface area contributed by atoms with E-state index in [-0.39, 0.29) is 0 Å². The van der Waals surface area contributed by atoms with E-state index in [1.807, 2.05) is 0 Å². The number of hydrogen-bond acceptors (Lipinski definition) is 10. The summed E-state index contributed by atoms with van der Waals surface area (Å²) < 4.78 is 4.41. The van der Waals surface area contributed by atoms with Gasteiger partial charge in [-0.05, 0) is 0 Å². The second-order valence-electron chi connectivity index (χ2n) is 4.91. The molecule has 0 spiro atoms. The molecule has 0 aliphatic heterocycles. The van der Waals surface area contributed by atoms with Crippen LogP contribution in [0.4, 0.5) is 0 Å². The first-order valence-electron chi connectivity index (χ1n) is 6.72. The molecule has 144 valence electrons. The summed E-state index contributed by atoms with van der Waals surface area (Å²) in [6.45, 7) is -3.64. The maximum Gasteiger partial charge on any atom is 0.347 e. The van der Waals surface area contributed by atoms with Gasteiger partial charge in [-0.2, -0.15) is 0 Å². The van der Waals surface area contributed by atoms with Crippen molar-refractivity contribution in [2.45, 2.75) is 24.4 Å². The molecule has 0 heterocycles. The Labute approximate surface area is 140 Å². The van der Waals surface area contributed by atoms with E-state index in [1.54, 1.807) is 0 Å². The first-order valence-corrected chi connectivity index (χ1v) is 6.72. The molecule has 0 radical (unpaired) electrons. The Morgan fingerprint density at radius 3 is 1.68 bits per heavy atom. The molecule has 7 N–H and O–H groups in total. The van der Waals surface area contributed by atoms with Gasteiger partial charge in [0.1, 0.15) is 18.3 Å². The fourth-order valence-electron chi connectivity index (χ4n) is 1.69. The van der Waals surface area contributed by atoms with Crippen LogP contribution in [0.25, 0.3) is 0 Å². The van der Waals surface area contributed by atoms with E-state index in [0.717, 1.165) is 0 Å². The number of carbonyl (C=O) groups is 4. The fourth-order valence-corrected chi connectivity index (χ4v) is 1.69. The molecular formula is C12H19NO12. The van der Waals surface area contributed by atoms with Gasteiger partial charge in [0.2, 0.25) is 6.10 Å². The molecule has 0 aliphatic carbocycles. The van der Waals surface area contributed by atoms with Crippen LogP contribution in [-0.4, -0.2) is 115 Å². The zero-order valence-corrected chi connectivity index (χ0v) is 12.8. The van der Waals surface area contributed by atoms with Crippen LogP contribution in [0.15, 0.2) is 0 Å². The van der Waals surface area contributed by atoms with Crippen LogP contribution in [0, 0.1) is 0 Å². The smallest absolute Gasteiger partial charge is 0.347 e. The number of aliphatic carboxylic acids is 3. The largest absolute Gasteiger partial charge is 0.480 e. The zero-order valence-electron chi connectivity index (χ0n) is 12.8. The molecule has 0 unspecified atom stereocenters. The van der Waals surface area contributed by atoms with E-state index in [2.05, 4.69) is 4.74 Å². The lowest BCUT2D eigenvalue weighted by Gasteiger charge is -2.26. The molecule has 25 heavy (non-hydrogen) atoms. The molecule has 0 saturated carbocycles. The second kappa shape index (κ2) is 10.5. The van der Waals surface area contributed by atoms with Crippen LogP contribution in [0.5, 0.6) is 0 Å². The molecule has 0 aromatic rings. The second-order valence-corrected chi connectivity index (χ2v) is 4.91. The summed E-state index contributed by atoms with van der Waals surface area (Å²) in [6, 6.07) is 0. The number of aliphatic hydroxyl groups is 4. The van der Waals surface area contributed by atoms with Crippen LogP contribution in [0.3, 0.4) is 0 Å². The number of carbonyl (C=O) groups excluding carboxylic acids is 1. The molecule has 0 fully saturated rings. The third-order valence-corrected chi connectivity index (χ3v) is 2.81. The maximum atomic E-state index is 11.7. The van der Waals surface area contributed by atoms with Gasteiger partial charge in [0, 0.05) is 0 Å². The van der Waals surface area contributed by atoms with Crippen molar-refractivity contribution in [1.29, 1.82) is 0 Å². The monoisotopic (exact) mass is 369 g/mol. The molecule has 13 heteroatoms. The van der Waals surface area contributed by atoms with E-state index in [4.69, 9.17) is 20.4 Å². The summed E-state index contributed by atoms with van der Waals surface area (Å²) in [4.78, 5) is 44.5. The number of esters is 1. The third-order valence-electron chi connectivity index (χ3n) is 2.81. The lowest BCUT2D eigenvalue weighted by atomic mass is 10.0. The first-order chi connectivity index (χ1) is 11.5. The molecule has 0 aromatic heterocycles. The highest BCUT2D eigenvalue weighted by atomic mass is 16.6. The molecule has 0 aliphatic rings. The van der Waals surface area contributed by atoms with Crippen LogP contribution >= 0.6 is 0 Å². The van der Waals surface area contributed by atoms with Crippen molar-refractivity contribution in [3.8, 4) is 0 Å². The molecule has 4 atom stereocenters. The highest BCUT2D eigenvalue weighted by Crippen LogP contribution is 2.10. The van der Waals surface area contributed by atoms with Gasteiger partial charge in [-0.25, -0.2) is 4.79 Å². The van der Waals surface area contributed by atoms with Gasteiger partial charge in [0.15, 0.2) is 0 Å². The summed E-state index contributed by atoms with van der Waals surface area (Å²) in [7, 11) is 0. The quantitative estimate of drug-likeness (QED) is 0.161. The molecule has 0 bridgehead atoms. The van der Waals surface area contributed by atoms with Gasteiger partial charge in [0.25, 0.3) is 0 Å². The Bertz CT molecular complexity index is 478. The van der Waals surface area contributed by atoms with Crippen LogP contribution in [0.2, 0.25) is 0 Å². The Morgan fingerprint density at radius 1 is 0.840 bits per heavy atom. The summed E-state index contributed by atoms with van der Waals surface area (Å²) >= 11 is 0. The van der Waals surface area contributed by atoms with Crippen molar-refractivity contribution < 1.29 is 59.7 Å². The van der Waals surface area contributed by atoms with Crippen LogP contribution in [-0.2, 0) is 23.9 Å². The molecule has 0 rings (SSSR count). The number of aliphatic hydroxyl groups excluding tert-OH is 4. The summed E-state index contributed by atoms with van der Waals surface area (Å²) in [6.07, 6.45) is -8.73. The minimum atomic E-state index is -2.35. The first kappa shape index (κ1) is 22.7. The number of carboxylic acids is 3. The maximum absolute atomic E-state index is 11.7. The van der Waals surface area contributed by atoms with Crippen molar-refractivity contribution in [3.63, 3.8) is 0 Å². The van der Waals surface area contributed by atoms with Crippen molar-refractivity contribution in [3.05, 3.63) is 0 Å². The van der Waals surface area contributed by atoms with Crippen molar-refractivity contribution in [2.24, 2.45) is 0 Å². The summed E-state index contributed by atoms with van der Waals surface area (Å²) in [5.41, 5.74) is 0. The molecular weight excluding hydrogens is 350 g/mol. The fraction of sp³-hybridized carbons (Fsp3) is 0.667. The average Bonchev–Trinajstić information content (AvgIpc) is 2.48. The highest BCUT2D eigenvalue weighted by Gasteiger charge is 2.38. The van der Waals surface area contributed by atoms with Gasteiger partial charge >= 0.3 is 23.9 Å². The van der Waals surface area contributed by atoms with Crippen LogP contribution in [0.1, 0.15) is 0 Å². The Balaban J connectivity index is 5.00. The predicted octanol–water partition coefficient (Wildman–Crippen LogP) is -4.47. The average molecular weight is 369 g/mol. The SMILES string of the molecule is O=C(O)CN(CC(=O)O)CC(=O)O[C@@H](C(=O)O)[C@@H](O)[C@H](O)[C@H](O)CO. The van der Waals surface area contributed by atoms with E-state index in [9.17, 15) is 34.5 Å². The Morgan fingerprint density at radius 2 is 1.32 bits per heavy atom. The van der Waals surface area contributed by atoms with Crippen molar-refractivity contribution >= 4 is 23.9 Å². The van der Waals surface area contributed by atoms with E-state index in [1.165, 1.54) is 0 Å². The predicted molar refractivity (Wildman–Crippen MR) is 74.3 cm³/mol. The zero-order chi connectivity index (χ0) is 19.7. The number of ether oxygens (including phenoxy) is 1. The highest BCUT2D eigenvalue weighted by molar-refractivity contribution is 5.80. The van der Waals surface area contributed by atoms with Gasteiger partial charge in [-0.1, -0.05) is 0 Å². The normalized spacial score (nSPS) is 15.9. The van der Waals surface area contributed by atoms with Gasteiger partial charge in [-0.15, -0.1) is 0 Å². The van der Waals surface area contributed by atoms with E-state index >= 15 is 0 Å². The van der Waals surface area contributed by atoms with Crippen molar-refractivity contribution in [2.75, 3.05) is 26.2 Å². The molecule has 13 nitrogen and oxygen atoms in total. The van der Waals surface area contributed by atoms with E-state index < -0.39 is 74.5 Å². The third kappa shape index (κ3) is 8.37. The van der Waals surface area contributed by atoms with Crippen LogP contribution < -0.4 is 0 Å².